The molecule has 1 N–H and O–H groups in total. The molecule has 0 atom stereocenters. The van der Waals surface area contributed by atoms with Crippen molar-refractivity contribution < 1.29 is 13.3 Å². The molecule has 0 aliphatic rings. The van der Waals surface area contributed by atoms with Gasteiger partial charge in [0, 0.05) is 43.3 Å². The molecule has 0 radical (unpaired) electrons. The molecule has 9 heteroatoms. The van der Waals surface area contributed by atoms with Gasteiger partial charge in [-0.05, 0) is 12.1 Å². The summed E-state index contributed by atoms with van der Waals surface area (Å²) in [5.74, 6) is -0.0538. The van der Waals surface area contributed by atoms with Crippen molar-refractivity contribution in [3.8, 4) is 0 Å². The summed E-state index contributed by atoms with van der Waals surface area (Å²) in [6.45, 7) is 0.461. The summed E-state index contributed by atoms with van der Waals surface area (Å²) >= 11 is 3.25. The molecule has 0 aliphatic heterocycles. The summed E-state index contributed by atoms with van der Waals surface area (Å²) in [4.78, 5) is 10.4. The van der Waals surface area contributed by atoms with Gasteiger partial charge in [0.15, 0.2) is 0 Å². The number of benzene rings is 1. The summed E-state index contributed by atoms with van der Waals surface area (Å²) in [6, 6.07) is 4.65. The van der Waals surface area contributed by atoms with Crippen molar-refractivity contribution in [2.75, 3.05) is 26.4 Å². The molecule has 0 fully saturated rings. The second kappa shape index (κ2) is 7.11. The van der Waals surface area contributed by atoms with E-state index in [9.17, 15) is 18.5 Å². The van der Waals surface area contributed by atoms with Crippen LogP contribution in [0.25, 0.3) is 0 Å². The fourth-order valence-electron chi connectivity index (χ4n) is 1.48. The number of sulfonamides is 1. The zero-order chi connectivity index (χ0) is 15.3. The molecule has 112 valence electrons. The molecule has 0 spiro atoms. The van der Waals surface area contributed by atoms with E-state index in [0.29, 0.717) is 5.56 Å². The highest BCUT2D eigenvalue weighted by Crippen LogP contribution is 2.22. The first-order chi connectivity index (χ1) is 9.24. The lowest BCUT2D eigenvalue weighted by molar-refractivity contribution is -0.385. The predicted octanol–water partition coefficient (Wildman–Crippen LogP) is 1.34. The summed E-state index contributed by atoms with van der Waals surface area (Å²) in [6.07, 6.45) is 0. The lowest BCUT2D eigenvalue weighted by Crippen LogP contribution is -2.31. The molecule has 1 rings (SSSR count). The molecule has 0 unspecified atom stereocenters. The fraction of sp³-hybridized carbons (Fsp3) is 0.455. The Morgan fingerprint density at radius 1 is 1.40 bits per heavy atom. The van der Waals surface area contributed by atoms with Gasteiger partial charge in [-0.15, -0.1) is 0 Å². The second-order valence-corrected chi connectivity index (χ2v) is 7.52. The Bertz CT molecular complexity index is 589. The minimum Gasteiger partial charge on any atom is -0.311 e. The summed E-state index contributed by atoms with van der Waals surface area (Å²) < 4.78 is 25.0. The van der Waals surface area contributed by atoms with Gasteiger partial charge in [0.25, 0.3) is 5.69 Å². The Kier molecular flexibility index (Phi) is 6.06. The molecule has 0 saturated carbocycles. The van der Waals surface area contributed by atoms with Crippen molar-refractivity contribution in [3.05, 3.63) is 38.3 Å². The minimum absolute atomic E-state index is 0.0103. The lowest BCUT2D eigenvalue weighted by atomic mass is 10.2. The predicted molar refractivity (Wildman–Crippen MR) is 80.0 cm³/mol. The maximum atomic E-state index is 11.5. The molecule has 7 nitrogen and oxygen atoms in total. The first kappa shape index (κ1) is 17.0. The van der Waals surface area contributed by atoms with Crippen LogP contribution in [0, 0.1) is 10.1 Å². The average Bonchev–Trinajstić information content (AvgIpc) is 2.34. The Balaban J connectivity index is 2.63. The molecule has 0 bridgehead atoms. The van der Waals surface area contributed by atoms with E-state index < -0.39 is 14.9 Å². The van der Waals surface area contributed by atoms with Gasteiger partial charge < -0.3 is 5.32 Å². The molecule has 0 saturated heterocycles. The van der Waals surface area contributed by atoms with Gasteiger partial charge in [0.1, 0.15) is 0 Å². The Morgan fingerprint density at radius 3 is 2.60 bits per heavy atom. The van der Waals surface area contributed by atoms with Crippen LogP contribution in [0.5, 0.6) is 0 Å². The first-order valence-electron chi connectivity index (χ1n) is 5.78. The number of nitrogens with one attached hydrogen (secondary N) is 1. The summed E-state index contributed by atoms with van der Waals surface area (Å²) in [7, 11) is -0.326. The van der Waals surface area contributed by atoms with Gasteiger partial charge in [-0.2, -0.15) is 0 Å². The van der Waals surface area contributed by atoms with Gasteiger partial charge >= 0.3 is 0 Å². The maximum Gasteiger partial charge on any atom is 0.273 e. The van der Waals surface area contributed by atoms with Crippen LogP contribution >= 0.6 is 15.9 Å². The monoisotopic (exact) mass is 365 g/mol. The van der Waals surface area contributed by atoms with Crippen molar-refractivity contribution in [1.29, 1.82) is 0 Å². The van der Waals surface area contributed by atoms with E-state index in [2.05, 4.69) is 21.2 Å². The van der Waals surface area contributed by atoms with E-state index in [0.717, 1.165) is 8.78 Å². The number of nitro benzene ring substituents is 1. The highest BCUT2D eigenvalue weighted by molar-refractivity contribution is 9.10. The quantitative estimate of drug-likeness (QED) is 0.447. The minimum atomic E-state index is -3.26. The molecular weight excluding hydrogens is 350 g/mol. The van der Waals surface area contributed by atoms with Crippen LogP contribution in [-0.4, -0.2) is 44.0 Å². The van der Waals surface area contributed by atoms with Gasteiger partial charge in [0.2, 0.25) is 10.0 Å². The zero-order valence-corrected chi connectivity index (χ0v) is 13.6. The molecule has 1 aromatic rings. The van der Waals surface area contributed by atoms with Crippen LogP contribution < -0.4 is 5.32 Å². The van der Waals surface area contributed by atoms with E-state index in [1.807, 2.05) is 0 Å². The number of halogens is 1. The van der Waals surface area contributed by atoms with E-state index in [-0.39, 0.29) is 24.5 Å². The molecule has 0 aromatic heterocycles. The van der Waals surface area contributed by atoms with Gasteiger partial charge in [-0.25, -0.2) is 12.7 Å². The Labute approximate surface area is 126 Å². The third kappa shape index (κ3) is 4.82. The van der Waals surface area contributed by atoms with Crippen LogP contribution in [-0.2, 0) is 16.6 Å². The lowest BCUT2D eigenvalue weighted by Gasteiger charge is -2.11. The maximum absolute atomic E-state index is 11.5. The van der Waals surface area contributed by atoms with Crippen LogP contribution in [0.2, 0.25) is 0 Å². The normalized spacial score (nSPS) is 11.8. The Morgan fingerprint density at radius 2 is 2.05 bits per heavy atom. The third-order valence-corrected chi connectivity index (χ3v) is 4.97. The molecule has 0 heterocycles. The standard InChI is InChI=1S/C11H16BrN3O4S/c1-14(2)20(18,19)6-5-13-8-9-7-10(12)3-4-11(9)15(16)17/h3-4,7,13H,5-6,8H2,1-2H3. The van der Waals surface area contributed by atoms with Gasteiger partial charge in [0.05, 0.1) is 10.7 Å². The van der Waals surface area contributed by atoms with Crippen molar-refractivity contribution in [3.63, 3.8) is 0 Å². The van der Waals surface area contributed by atoms with Crippen LogP contribution in [0.15, 0.2) is 22.7 Å². The largest absolute Gasteiger partial charge is 0.311 e. The van der Waals surface area contributed by atoms with Crippen LogP contribution in [0.4, 0.5) is 5.69 Å². The molecule has 1 aromatic carbocycles. The first-order valence-corrected chi connectivity index (χ1v) is 8.18. The number of hydrogen-bond donors (Lipinski definition) is 1. The van der Waals surface area contributed by atoms with E-state index >= 15 is 0 Å². The molecule has 0 aliphatic carbocycles. The van der Waals surface area contributed by atoms with E-state index in [4.69, 9.17) is 0 Å². The van der Waals surface area contributed by atoms with Gasteiger partial charge in [-0.1, -0.05) is 15.9 Å². The average molecular weight is 366 g/mol. The number of hydrogen-bond acceptors (Lipinski definition) is 5. The number of nitrogens with zero attached hydrogens (tertiary/aromatic N) is 2. The summed E-state index contributed by atoms with van der Waals surface area (Å²) in [5, 5.41) is 13.8. The van der Waals surface area contributed by atoms with Crippen molar-refractivity contribution in [1.82, 2.24) is 9.62 Å². The SMILES string of the molecule is CN(C)S(=O)(=O)CCNCc1cc(Br)ccc1[N+](=O)[O-]. The van der Waals surface area contributed by atoms with Gasteiger partial charge in [-0.3, -0.25) is 10.1 Å². The molecule has 0 amide bonds. The Hall–Kier alpha value is -1.03. The number of rotatable bonds is 7. The zero-order valence-electron chi connectivity index (χ0n) is 11.2. The molecular formula is C11H16BrN3O4S. The number of nitro groups is 1. The van der Waals surface area contributed by atoms with Crippen molar-refractivity contribution in [2.45, 2.75) is 6.54 Å². The second-order valence-electron chi connectivity index (χ2n) is 4.31. The third-order valence-electron chi connectivity index (χ3n) is 2.65. The smallest absolute Gasteiger partial charge is 0.273 e. The van der Waals surface area contributed by atoms with Crippen molar-refractivity contribution in [2.24, 2.45) is 0 Å². The van der Waals surface area contributed by atoms with Crippen molar-refractivity contribution >= 4 is 31.6 Å². The van der Waals surface area contributed by atoms with E-state index in [1.165, 1.54) is 20.2 Å². The van der Waals surface area contributed by atoms with Crippen LogP contribution in [0.1, 0.15) is 5.56 Å². The van der Waals surface area contributed by atoms with Crippen LogP contribution in [0.3, 0.4) is 0 Å². The summed E-state index contributed by atoms with van der Waals surface area (Å²) in [5.41, 5.74) is 0.516. The highest BCUT2D eigenvalue weighted by atomic mass is 79.9. The topological polar surface area (TPSA) is 92.6 Å². The molecule has 20 heavy (non-hydrogen) atoms. The highest BCUT2D eigenvalue weighted by Gasteiger charge is 2.15. The van der Waals surface area contributed by atoms with E-state index in [1.54, 1.807) is 12.1 Å². The fourth-order valence-corrected chi connectivity index (χ4v) is 2.66.